The summed E-state index contributed by atoms with van der Waals surface area (Å²) in [5.41, 5.74) is 15.3. The van der Waals surface area contributed by atoms with Crippen LogP contribution in [-0.2, 0) is 16.0 Å². The molecule has 0 saturated carbocycles. The second-order valence-corrected chi connectivity index (χ2v) is 5.65. The molecule has 0 spiro atoms. The zero-order valence-corrected chi connectivity index (χ0v) is 14.4. The summed E-state index contributed by atoms with van der Waals surface area (Å²) in [4.78, 5) is 24.5. The standard InChI is InChI=1S/C9H9Cl2N3O.C5H11NO2/c10-6-2-1-3-7(11)5(6)4-8(15)14-9(12)13;1-4(2)3-8-5(6)7/h1-3H,4H2,(H4,12,13,14,15);4H,3H2,1-2H3,(H2,6,7). The van der Waals surface area contributed by atoms with E-state index < -0.39 is 12.0 Å². The lowest BCUT2D eigenvalue weighted by Crippen LogP contribution is -2.24. The molecule has 6 N–H and O–H groups in total. The maximum atomic E-state index is 11.3. The Labute approximate surface area is 144 Å². The fourth-order valence-electron chi connectivity index (χ4n) is 1.28. The number of guanidine groups is 1. The summed E-state index contributed by atoms with van der Waals surface area (Å²) >= 11 is 11.7. The predicted molar refractivity (Wildman–Crippen MR) is 91.4 cm³/mol. The van der Waals surface area contributed by atoms with Gasteiger partial charge < -0.3 is 21.9 Å². The van der Waals surface area contributed by atoms with Crippen LogP contribution in [0.3, 0.4) is 0 Å². The van der Waals surface area contributed by atoms with Gasteiger partial charge in [-0.25, -0.2) is 4.79 Å². The van der Waals surface area contributed by atoms with Gasteiger partial charge in [-0.3, -0.25) is 4.79 Å². The molecule has 0 atom stereocenters. The molecule has 9 heteroatoms. The predicted octanol–water partition coefficient (Wildman–Crippen LogP) is 2.07. The lowest BCUT2D eigenvalue weighted by Gasteiger charge is -2.03. The highest BCUT2D eigenvalue weighted by molar-refractivity contribution is 6.36. The van der Waals surface area contributed by atoms with E-state index in [-0.39, 0.29) is 12.4 Å². The van der Waals surface area contributed by atoms with Gasteiger partial charge in [-0.1, -0.05) is 43.1 Å². The smallest absolute Gasteiger partial charge is 0.404 e. The molecule has 0 fully saturated rings. The average molecular weight is 363 g/mol. The van der Waals surface area contributed by atoms with Crippen LogP contribution in [-0.4, -0.2) is 24.6 Å². The highest BCUT2D eigenvalue weighted by atomic mass is 35.5. The number of amides is 2. The van der Waals surface area contributed by atoms with Gasteiger partial charge >= 0.3 is 6.09 Å². The van der Waals surface area contributed by atoms with Crippen molar-refractivity contribution >= 4 is 41.2 Å². The van der Waals surface area contributed by atoms with E-state index in [0.717, 1.165) is 0 Å². The molecule has 23 heavy (non-hydrogen) atoms. The molecule has 0 saturated heterocycles. The van der Waals surface area contributed by atoms with Crippen LogP contribution in [0.1, 0.15) is 19.4 Å². The number of rotatable bonds is 4. The topological polar surface area (TPSA) is 134 Å². The summed E-state index contributed by atoms with van der Waals surface area (Å²) in [6, 6.07) is 4.98. The average Bonchev–Trinajstić information content (AvgIpc) is 2.41. The van der Waals surface area contributed by atoms with E-state index in [4.69, 9.17) is 34.7 Å². The fourth-order valence-corrected chi connectivity index (χ4v) is 1.82. The Balaban J connectivity index is 0.000000515. The number of benzene rings is 1. The third-order valence-electron chi connectivity index (χ3n) is 2.20. The quantitative estimate of drug-likeness (QED) is 0.556. The van der Waals surface area contributed by atoms with Gasteiger partial charge in [-0.2, -0.15) is 4.99 Å². The van der Waals surface area contributed by atoms with Crippen molar-refractivity contribution in [3.05, 3.63) is 33.8 Å². The first-order chi connectivity index (χ1) is 10.6. The molecule has 0 bridgehead atoms. The summed E-state index contributed by atoms with van der Waals surface area (Å²) in [5.74, 6) is -0.393. The maximum Gasteiger partial charge on any atom is 0.404 e. The van der Waals surface area contributed by atoms with Crippen LogP contribution in [0.4, 0.5) is 4.79 Å². The van der Waals surface area contributed by atoms with E-state index in [2.05, 4.69) is 15.5 Å². The summed E-state index contributed by atoms with van der Waals surface area (Å²) in [7, 11) is 0. The van der Waals surface area contributed by atoms with E-state index in [1.807, 2.05) is 13.8 Å². The molecule has 0 unspecified atom stereocenters. The molecule has 1 rings (SSSR count). The first-order valence-corrected chi connectivity index (χ1v) is 7.36. The molecule has 0 heterocycles. The highest BCUT2D eigenvalue weighted by Gasteiger charge is 2.10. The summed E-state index contributed by atoms with van der Waals surface area (Å²) < 4.78 is 4.44. The number of hydrogen-bond donors (Lipinski definition) is 3. The fraction of sp³-hybridized carbons (Fsp3) is 0.357. The van der Waals surface area contributed by atoms with E-state index in [1.54, 1.807) is 18.2 Å². The maximum absolute atomic E-state index is 11.3. The van der Waals surface area contributed by atoms with Crippen molar-refractivity contribution in [2.45, 2.75) is 20.3 Å². The molecule has 0 aliphatic heterocycles. The minimum absolute atomic E-state index is 0.0175. The second-order valence-electron chi connectivity index (χ2n) is 4.83. The van der Waals surface area contributed by atoms with Crippen molar-refractivity contribution in [1.29, 1.82) is 0 Å². The highest BCUT2D eigenvalue weighted by Crippen LogP contribution is 2.24. The van der Waals surface area contributed by atoms with Crippen LogP contribution in [0.15, 0.2) is 23.2 Å². The minimum Gasteiger partial charge on any atom is -0.449 e. The lowest BCUT2D eigenvalue weighted by atomic mass is 10.1. The Kier molecular flexibility index (Phi) is 9.76. The van der Waals surface area contributed by atoms with Gasteiger partial charge in [0.25, 0.3) is 5.91 Å². The number of hydrogen-bond acceptors (Lipinski definition) is 3. The van der Waals surface area contributed by atoms with Gasteiger partial charge in [0.1, 0.15) is 0 Å². The minimum atomic E-state index is -0.696. The molecule has 1 aromatic carbocycles. The number of nitrogens with two attached hydrogens (primary N) is 3. The van der Waals surface area contributed by atoms with Crippen molar-refractivity contribution < 1.29 is 14.3 Å². The van der Waals surface area contributed by atoms with Crippen LogP contribution in [0.2, 0.25) is 10.0 Å². The zero-order chi connectivity index (χ0) is 18.0. The molecular weight excluding hydrogens is 343 g/mol. The number of halogens is 2. The van der Waals surface area contributed by atoms with Crippen molar-refractivity contribution in [3.8, 4) is 0 Å². The molecule has 0 aliphatic rings. The molecular formula is C14H20Cl2N4O3. The lowest BCUT2D eigenvalue weighted by molar-refractivity contribution is -0.117. The first kappa shape index (κ1) is 21.0. The van der Waals surface area contributed by atoms with Crippen LogP contribution in [0.25, 0.3) is 0 Å². The number of primary amides is 1. The van der Waals surface area contributed by atoms with Crippen LogP contribution >= 0.6 is 23.2 Å². The zero-order valence-electron chi connectivity index (χ0n) is 12.9. The van der Waals surface area contributed by atoms with Crippen molar-refractivity contribution in [3.63, 3.8) is 0 Å². The number of carbonyl (C=O) groups excluding carboxylic acids is 2. The van der Waals surface area contributed by atoms with E-state index >= 15 is 0 Å². The van der Waals surface area contributed by atoms with Gasteiger partial charge in [0.05, 0.1) is 13.0 Å². The Bertz CT molecular complexity index is 553. The number of nitrogens with zero attached hydrogens (tertiary/aromatic N) is 1. The summed E-state index contributed by atoms with van der Waals surface area (Å²) in [6.07, 6.45) is -0.713. The van der Waals surface area contributed by atoms with Gasteiger partial charge in [0.2, 0.25) is 0 Å². The summed E-state index contributed by atoms with van der Waals surface area (Å²) in [5, 5.41) is 0.836. The molecule has 0 aliphatic carbocycles. The first-order valence-electron chi connectivity index (χ1n) is 6.61. The van der Waals surface area contributed by atoms with Crippen molar-refractivity contribution in [2.75, 3.05) is 6.61 Å². The van der Waals surface area contributed by atoms with Crippen LogP contribution < -0.4 is 17.2 Å². The largest absolute Gasteiger partial charge is 0.449 e. The van der Waals surface area contributed by atoms with Crippen LogP contribution in [0, 0.1) is 5.92 Å². The van der Waals surface area contributed by atoms with Gasteiger partial charge in [-0.05, 0) is 23.6 Å². The molecule has 2 amide bonds. The third kappa shape index (κ3) is 10.4. The van der Waals surface area contributed by atoms with Gasteiger partial charge in [0, 0.05) is 10.0 Å². The molecule has 128 valence electrons. The second kappa shape index (κ2) is 10.7. The van der Waals surface area contributed by atoms with E-state index in [1.165, 1.54) is 0 Å². The van der Waals surface area contributed by atoms with E-state index in [0.29, 0.717) is 28.1 Å². The van der Waals surface area contributed by atoms with Gasteiger partial charge in [0.15, 0.2) is 5.96 Å². The summed E-state index contributed by atoms with van der Waals surface area (Å²) in [6.45, 7) is 4.31. The van der Waals surface area contributed by atoms with Gasteiger partial charge in [-0.15, -0.1) is 0 Å². The number of aliphatic imine (C=N–C) groups is 1. The van der Waals surface area contributed by atoms with Crippen molar-refractivity contribution in [2.24, 2.45) is 28.1 Å². The SMILES string of the molecule is CC(C)COC(N)=O.NC(N)=NC(=O)Cc1c(Cl)cccc1Cl. The molecule has 1 aromatic rings. The van der Waals surface area contributed by atoms with Crippen molar-refractivity contribution in [1.82, 2.24) is 0 Å². The number of carbonyl (C=O) groups is 2. The van der Waals surface area contributed by atoms with Crippen LogP contribution in [0.5, 0.6) is 0 Å². The number of ether oxygens (including phenoxy) is 1. The van der Waals surface area contributed by atoms with E-state index in [9.17, 15) is 9.59 Å². The Morgan fingerprint density at radius 2 is 1.70 bits per heavy atom. The third-order valence-corrected chi connectivity index (χ3v) is 2.91. The Morgan fingerprint density at radius 3 is 2.04 bits per heavy atom. The molecule has 7 nitrogen and oxygen atoms in total. The molecule has 0 radical (unpaired) electrons. The normalized spacial score (nSPS) is 9.61. The Hall–Kier alpha value is -1.99. The monoisotopic (exact) mass is 362 g/mol. The molecule has 0 aromatic heterocycles. The Morgan fingerprint density at radius 1 is 1.17 bits per heavy atom.